The summed E-state index contributed by atoms with van der Waals surface area (Å²) in [5, 5.41) is 0. The number of carbonyl (C=O) groups excluding carboxylic acids is 2. The van der Waals surface area contributed by atoms with E-state index in [4.69, 9.17) is 4.74 Å². The van der Waals surface area contributed by atoms with Crippen molar-refractivity contribution >= 4 is 11.8 Å². The summed E-state index contributed by atoms with van der Waals surface area (Å²) in [6.07, 6.45) is 0.604. The summed E-state index contributed by atoms with van der Waals surface area (Å²) in [4.78, 5) is 22.6. The molecule has 2 atom stereocenters. The van der Waals surface area contributed by atoms with E-state index in [2.05, 4.69) is 0 Å². The molecule has 0 radical (unpaired) electrons. The van der Waals surface area contributed by atoms with Gasteiger partial charge in [0.1, 0.15) is 11.9 Å². The lowest BCUT2D eigenvalue weighted by Gasteiger charge is -2.20. The first-order valence-corrected chi connectivity index (χ1v) is 5.03. The van der Waals surface area contributed by atoms with Crippen LogP contribution in [-0.4, -0.2) is 17.9 Å². The molecule has 0 saturated carbocycles. The second-order valence-corrected chi connectivity index (χ2v) is 5.09. The molecule has 0 N–H and O–H groups in total. The summed E-state index contributed by atoms with van der Waals surface area (Å²) in [5.74, 6) is 0.155. The topological polar surface area (TPSA) is 43.4 Å². The summed E-state index contributed by atoms with van der Waals surface area (Å²) in [6, 6.07) is 0. The molecule has 0 unspecified atom stereocenters. The first-order chi connectivity index (χ1) is 6.30. The quantitative estimate of drug-likeness (QED) is 0.637. The predicted octanol–water partition coefficient (Wildman–Crippen LogP) is 1.94. The molecule has 0 bridgehead atoms. The summed E-state index contributed by atoms with van der Waals surface area (Å²) >= 11 is 0. The molecular weight excluding hydrogens is 180 g/mol. The molecule has 0 aliphatic carbocycles. The second-order valence-electron chi connectivity index (χ2n) is 5.09. The molecule has 1 fully saturated rings. The van der Waals surface area contributed by atoms with Crippen LogP contribution in [0.4, 0.5) is 0 Å². The minimum atomic E-state index is -0.339. The number of esters is 1. The predicted molar refractivity (Wildman–Crippen MR) is 52.7 cm³/mol. The molecule has 1 saturated heterocycles. The number of ketones is 1. The highest BCUT2D eigenvalue weighted by molar-refractivity contribution is 5.85. The van der Waals surface area contributed by atoms with Crippen LogP contribution < -0.4 is 0 Å². The van der Waals surface area contributed by atoms with Gasteiger partial charge in [0.05, 0.1) is 6.42 Å². The minimum Gasteiger partial charge on any atom is -0.462 e. The molecule has 0 spiro atoms. The third-order valence-electron chi connectivity index (χ3n) is 2.63. The van der Waals surface area contributed by atoms with Crippen LogP contribution in [-0.2, 0) is 14.3 Å². The zero-order chi connectivity index (χ0) is 10.9. The van der Waals surface area contributed by atoms with Crippen LogP contribution in [0.25, 0.3) is 0 Å². The standard InChI is InChI=1S/C11H18O3/c1-7-5-10(13)14-8(7)6-9(12)11(2,3)4/h7-8H,5-6H2,1-4H3/t7-,8+/m0/s1. The summed E-state index contributed by atoms with van der Waals surface area (Å²) < 4.78 is 5.08. The number of carbonyl (C=O) groups is 2. The number of hydrogen-bond donors (Lipinski definition) is 0. The van der Waals surface area contributed by atoms with E-state index >= 15 is 0 Å². The molecule has 1 heterocycles. The Morgan fingerprint density at radius 1 is 1.50 bits per heavy atom. The van der Waals surface area contributed by atoms with Gasteiger partial charge in [0, 0.05) is 17.8 Å². The maximum absolute atomic E-state index is 11.7. The van der Waals surface area contributed by atoms with E-state index < -0.39 is 0 Å². The fourth-order valence-corrected chi connectivity index (χ4v) is 1.46. The van der Waals surface area contributed by atoms with Crippen LogP contribution in [0.15, 0.2) is 0 Å². The van der Waals surface area contributed by atoms with Gasteiger partial charge in [-0.15, -0.1) is 0 Å². The monoisotopic (exact) mass is 198 g/mol. The number of Topliss-reactive ketones (excluding diaryl/α,β-unsaturated/α-hetero) is 1. The molecule has 14 heavy (non-hydrogen) atoms. The molecule has 0 aromatic rings. The Morgan fingerprint density at radius 2 is 2.07 bits per heavy atom. The SMILES string of the molecule is C[C@H]1CC(=O)O[C@@H]1CC(=O)C(C)(C)C. The van der Waals surface area contributed by atoms with Gasteiger partial charge in [-0.2, -0.15) is 0 Å². The third kappa shape index (κ3) is 2.56. The summed E-state index contributed by atoms with van der Waals surface area (Å²) in [5.41, 5.74) is -0.339. The van der Waals surface area contributed by atoms with Crippen molar-refractivity contribution in [1.29, 1.82) is 0 Å². The smallest absolute Gasteiger partial charge is 0.306 e. The maximum atomic E-state index is 11.7. The number of ether oxygens (including phenoxy) is 1. The summed E-state index contributed by atoms with van der Waals surface area (Å²) in [7, 11) is 0. The molecule has 0 aromatic heterocycles. The van der Waals surface area contributed by atoms with E-state index in [0.29, 0.717) is 12.8 Å². The van der Waals surface area contributed by atoms with Crippen molar-refractivity contribution < 1.29 is 14.3 Å². The molecule has 3 nitrogen and oxygen atoms in total. The van der Waals surface area contributed by atoms with Crippen LogP contribution in [0.2, 0.25) is 0 Å². The lowest BCUT2D eigenvalue weighted by molar-refractivity contribution is -0.143. The van der Waals surface area contributed by atoms with E-state index in [1.54, 1.807) is 0 Å². The zero-order valence-electron chi connectivity index (χ0n) is 9.29. The Labute approximate surface area is 84.8 Å². The lowest BCUT2D eigenvalue weighted by atomic mass is 9.85. The van der Waals surface area contributed by atoms with Crippen molar-refractivity contribution in [2.75, 3.05) is 0 Å². The Hall–Kier alpha value is -0.860. The highest BCUT2D eigenvalue weighted by atomic mass is 16.5. The van der Waals surface area contributed by atoms with Gasteiger partial charge in [-0.05, 0) is 0 Å². The average molecular weight is 198 g/mol. The fourth-order valence-electron chi connectivity index (χ4n) is 1.46. The number of rotatable bonds is 2. The van der Waals surface area contributed by atoms with Crippen LogP contribution in [0, 0.1) is 11.3 Å². The van der Waals surface area contributed by atoms with Gasteiger partial charge >= 0.3 is 5.97 Å². The van der Waals surface area contributed by atoms with Crippen molar-refractivity contribution in [1.82, 2.24) is 0 Å². The molecule has 1 aliphatic rings. The molecule has 0 amide bonds. The van der Waals surface area contributed by atoms with Gasteiger partial charge in [-0.25, -0.2) is 0 Å². The molecule has 3 heteroatoms. The first kappa shape index (κ1) is 11.2. The Kier molecular flexibility index (Phi) is 2.98. The molecule has 1 aliphatic heterocycles. The van der Waals surface area contributed by atoms with Crippen molar-refractivity contribution in [2.24, 2.45) is 11.3 Å². The fraction of sp³-hybridized carbons (Fsp3) is 0.818. The Bertz CT molecular complexity index is 250. The van der Waals surface area contributed by atoms with Gasteiger partial charge in [0.25, 0.3) is 0 Å². The summed E-state index contributed by atoms with van der Waals surface area (Å²) in [6.45, 7) is 7.61. The van der Waals surface area contributed by atoms with E-state index in [0.717, 1.165) is 0 Å². The normalized spacial score (nSPS) is 27.6. The minimum absolute atomic E-state index is 0.157. The highest BCUT2D eigenvalue weighted by Crippen LogP contribution is 2.27. The maximum Gasteiger partial charge on any atom is 0.306 e. The Balaban J connectivity index is 2.53. The highest BCUT2D eigenvalue weighted by Gasteiger charge is 2.35. The second kappa shape index (κ2) is 3.71. The van der Waals surface area contributed by atoms with E-state index in [9.17, 15) is 9.59 Å². The molecule has 0 aromatic carbocycles. The van der Waals surface area contributed by atoms with Crippen molar-refractivity contribution in [3.63, 3.8) is 0 Å². The van der Waals surface area contributed by atoms with Crippen LogP contribution >= 0.6 is 0 Å². The average Bonchev–Trinajstić information content (AvgIpc) is 2.28. The first-order valence-electron chi connectivity index (χ1n) is 5.03. The van der Waals surface area contributed by atoms with Crippen molar-refractivity contribution in [3.8, 4) is 0 Å². The van der Waals surface area contributed by atoms with Crippen LogP contribution in [0.5, 0.6) is 0 Å². The molecule has 80 valence electrons. The third-order valence-corrected chi connectivity index (χ3v) is 2.63. The number of cyclic esters (lactones) is 1. The van der Waals surface area contributed by atoms with Gasteiger partial charge in [-0.1, -0.05) is 27.7 Å². The van der Waals surface area contributed by atoms with Gasteiger partial charge < -0.3 is 4.74 Å². The zero-order valence-corrected chi connectivity index (χ0v) is 9.29. The van der Waals surface area contributed by atoms with Crippen molar-refractivity contribution in [3.05, 3.63) is 0 Å². The molecule has 1 rings (SSSR count). The van der Waals surface area contributed by atoms with Crippen LogP contribution in [0.3, 0.4) is 0 Å². The van der Waals surface area contributed by atoms with E-state index in [1.165, 1.54) is 0 Å². The number of hydrogen-bond acceptors (Lipinski definition) is 3. The van der Waals surface area contributed by atoms with Gasteiger partial charge in [0.2, 0.25) is 0 Å². The van der Waals surface area contributed by atoms with Crippen molar-refractivity contribution in [2.45, 2.75) is 46.6 Å². The Morgan fingerprint density at radius 3 is 2.43 bits per heavy atom. The molecular formula is C11H18O3. The van der Waals surface area contributed by atoms with Gasteiger partial charge in [0.15, 0.2) is 0 Å². The van der Waals surface area contributed by atoms with E-state index in [1.807, 2.05) is 27.7 Å². The van der Waals surface area contributed by atoms with Gasteiger partial charge in [-0.3, -0.25) is 9.59 Å². The van der Waals surface area contributed by atoms with Crippen LogP contribution in [0.1, 0.15) is 40.5 Å². The largest absolute Gasteiger partial charge is 0.462 e. The van der Waals surface area contributed by atoms with E-state index in [-0.39, 0.29) is 29.2 Å². The lowest BCUT2D eigenvalue weighted by Crippen LogP contribution is -2.27.